The minimum Gasteiger partial charge on any atom is -0.447 e. The third-order valence-corrected chi connectivity index (χ3v) is 6.47. The largest absolute Gasteiger partial charge is 0.475 e. The predicted octanol–water partition coefficient (Wildman–Crippen LogP) is 7.02. The van der Waals surface area contributed by atoms with Crippen molar-refractivity contribution >= 4 is 13.9 Å². The van der Waals surface area contributed by atoms with Gasteiger partial charge >= 0.3 is 13.9 Å². The summed E-state index contributed by atoms with van der Waals surface area (Å²) < 4.78 is 35.2. The predicted molar refractivity (Wildman–Crippen MR) is 133 cm³/mol. The Kier molecular flexibility index (Phi) is 13.6. The molecule has 34 heavy (non-hydrogen) atoms. The number of unbranched alkanes of at least 4 members (excludes halogenated alkanes) is 3. The third kappa shape index (κ3) is 12.3. The molecule has 0 fully saturated rings. The monoisotopic (exact) mass is 491 g/mol. The number of rotatable bonds is 17. The summed E-state index contributed by atoms with van der Waals surface area (Å²) in [4.78, 5) is 11.9. The van der Waals surface area contributed by atoms with E-state index in [1.165, 1.54) is 12.8 Å². The summed E-state index contributed by atoms with van der Waals surface area (Å²) in [5.74, 6) is 0. The van der Waals surface area contributed by atoms with Gasteiger partial charge in [-0.15, -0.1) is 0 Å². The summed E-state index contributed by atoms with van der Waals surface area (Å²) in [6.45, 7) is 4.72. The van der Waals surface area contributed by atoms with Gasteiger partial charge in [0.2, 0.25) is 0 Å². The highest BCUT2D eigenvalue weighted by Gasteiger charge is 2.27. The van der Waals surface area contributed by atoms with Gasteiger partial charge in [-0.2, -0.15) is 0 Å². The number of benzene rings is 2. The molecular weight excluding hydrogens is 453 g/mol. The molecule has 2 aromatic carbocycles. The molecule has 1 atom stereocenters. The molecule has 2 rings (SSSR count). The number of carbonyl (C=O) groups excluding carboxylic acids is 1. The fourth-order valence-corrected chi connectivity index (χ4v) is 4.34. The van der Waals surface area contributed by atoms with Gasteiger partial charge in [0, 0.05) is 6.54 Å². The molecule has 2 aromatic rings. The summed E-state index contributed by atoms with van der Waals surface area (Å²) in [6, 6.07) is 18.8. The highest BCUT2D eigenvalue weighted by molar-refractivity contribution is 7.48. The average molecular weight is 492 g/mol. The van der Waals surface area contributed by atoms with E-state index in [1.807, 2.05) is 67.6 Å². The topological polar surface area (TPSA) is 83.1 Å². The molecule has 0 aliphatic heterocycles. The van der Waals surface area contributed by atoms with Gasteiger partial charge in [0.1, 0.15) is 6.10 Å². The maximum atomic E-state index is 13.2. The highest BCUT2D eigenvalue weighted by atomic mass is 31.2. The van der Waals surface area contributed by atoms with Gasteiger partial charge in [0.15, 0.2) is 0 Å². The number of alkyl carbamates (subject to hydrolysis) is 1. The first kappa shape index (κ1) is 28.1. The molecule has 0 saturated heterocycles. The Balaban J connectivity index is 1.73. The lowest BCUT2D eigenvalue weighted by Gasteiger charge is -2.18. The first-order chi connectivity index (χ1) is 16.5. The van der Waals surface area contributed by atoms with Crippen molar-refractivity contribution in [1.29, 1.82) is 0 Å². The minimum absolute atomic E-state index is 0.105. The van der Waals surface area contributed by atoms with E-state index in [1.54, 1.807) is 0 Å². The molecule has 188 valence electrons. The molecule has 1 unspecified atom stereocenters. The number of hydrogen-bond acceptors (Lipinski definition) is 6. The van der Waals surface area contributed by atoms with Crippen molar-refractivity contribution in [2.45, 2.75) is 71.7 Å². The van der Waals surface area contributed by atoms with Crippen molar-refractivity contribution in [3.8, 4) is 0 Å². The van der Waals surface area contributed by atoms with E-state index >= 15 is 0 Å². The van der Waals surface area contributed by atoms with Gasteiger partial charge < -0.3 is 10.1 Å². The summed E-state index contributed by atoms with van der Waals surface area (Å²) in [5.41, 5.74) is 1.73. The van der Waals surface area contributed by atoms with Crippen molar-refractivity contribution in [1.82, 2.24) is 5.32 Å². The molecule has 1 N–H and O–H groups in total. The van der Waals surface area contributed by atoms with Gasteiger partial charge in [-0.3, -0.25) is 13.6 Å². The van der Waals surface area contributed by atoms with Crippen LogP contribution in [0.5, 0.6) is 0 Å². The lowest BCUT2D eigenvalue weighted by atomic mass is 10.1. The number of carbonyl (C=O) groups is 1. The van der Waals surface area contributed by atoms with Crippen molar-refractivity contribution in [2.75, 3.05) is 13.2 Å². The lowest BCUT2D eigenvalue weighted by molar-refractivity contribution is 0.0964. The molecule has 0 spiro atoms. The lowest BCUT2D eigenvalue weighted by Crippen LogP contribution is -2.29. The smallest absolute Gasteiger partial charge is 0.447 e. The fourth-order valence-electron chi connectivity index (χ4n) is 3.15. The van der Waals surface area contributed by atoms with Crippen molar-refractivity contribution in [3.05, 3.63) is 71.8 Å². The van der Waals surface area contributed by atoms with Crippen LogP contribution in [0.15, 0.2) is 60.7 Å². The van der Waals surface area contributed by atoms with Crippen LogP contribution in [-0.4, -0.2) is 25.3 Å². The molecule has 0 heterocycles. The molecule has 0 saturated carbocycles. The molecular formula is C26H38NO6P. The Bertz CT molecular complexity index is 801. The summed E-state index contributed by atoms with van der Waals surface area (Å²) >= 11 is 0. The highest BCUT2D eigenvalue weighted by Crippen LogP contribution is 2.51. The van der Waals surface area contributed by atoms with Crippen LogP contribution in [-0.2, 0) is 36.1 Å². The van der Waals surface area contributed by atoms with Crippen LogP contribution in [0.25, 0.3) is 0 Å². The second kappa shape index (κ2) is 16.4. The standard InChI is InChI=1S/C26H38NO6P/c1-3-4-5-8-14-23(2)33-26(28)27-19-13-20-30-34(29,31-21-24-15-9-6-10-16-24)32-22-25-17-11-7-12-18-25/h6-7,9-12,15-18,23H,3-5,8,13-14,19-22H2,1-2H3,(H,27,28). The van der Waals surface area contributed by atoms with Crippen molar-refractivity contribution in [3.63, 3.8) is 0 Å². The minimum atomic E-state index is -3.80. The quantitative estimate of drug-likeness (QED) is 0.189. The van der Waals surface area contributed by atoms with E-state index in [9.17, 15) is 9.36 Å². The van der Waals surface area contributed by atoms with Crippen LogP contribution in [0.1, 0.15) is 63.5 Å². The van der Waals surface area contributed by atoms with Crippen LogP contribution >= 0.6 is 7.82 Å². The van der Waals surface area contributed by atoms with Gasteiger partial charge in [-0.05, 0) is 37.3 Å². The molecule has 0 radical (unpaired) electrons. The second-order valence-electron chi connectivity index (χ2n) is 8.14. The van der Waals surface area contributed by atoms with E-state index in [-0.39, 0.29) is 25.9 Å². The van der Waals surface area contributed by atoms with E-state index < -0.39 is 13.9 Å². The Morgan fingerprint density at radius 3 is 2.00 bits per heavy atom. The normalized spacial score (nSPS) is 12.3. The first-order valence-corrected chi connectivity index (χ1v) is 13.5. The molecule has 0 aliphatic rings. The maximum absolute atomic E-state index is 13.2. The number of phosphoric acid groups is 1. The van der Waals surface area contributed by atoms with Crippen molar-refractivity contribution in [2.24, 2.45) is 0 Å². The van der Waals surface area contributed by atoms with Gasteiger partial charge in [0.05, 0.1) is 19.8 Å². The summed E-state index contributed by atoms with van der Waals surface area (Å²) in [5, 5.41) is 2.70. The van der Waals surface area contributed by atoms with Crippen LogP contribution < -0.4 is 5.32 Å². The zero-order chi connectivity index (χ0) is 24.5. The second-order valence-corrected chi connectivity index (χ2v) is 9.81. The zero-order valence-corrected chi connectivity index (χ0v) is 21.2. The van der Waals surface area contributed by atoms with E-state index in [0.29, 0.717) is 13.0 Å². The Morgan fingerprint density at radius 2 is 1.44 bits per heavy atom. The van der Waals surface area contributed by atoms with Crippen molar-refractivity contribution < 1.29 is 27.7 Å². The molecule has 0 bridgehead atoms. The zero-order valence-electron chi connectivity index (χ0n) is 20.3. The van der Waals surface area contributed by atoms with Crippen LogP contribution in [0, 0.1) is 0 Å². The summed E-state index contributed by atoms with van der Waals surface area (Å²) in [7, 11) is -3.80. The third-order valence-electron chi connectivity index (χ3n) is 5.08. The van der Waals surface area contributed by atoms with Crippen LogP contribution in [0.2, 0.25) is 0 Å². The fraction of sp³-hybridized carbons (Fsp3) is 0.500. The molecule has 0 aliphatic carbocycles. The van der Waals surface area contributed by atoms with E-state index in [0.717, 1.165) is 30.4 Å². The Labute approximate surface area is 203 Å². The van der Waals surface area contributed by atoms with E-state index in [4.69, 9.17) is 18.3 Å². The number of phosphoric ester groups is 1. The van der Waals surface area contributed by atoms with Gasteiger partial charge in [-0.25, -0.2) is 9.36 Å². The maximum Gasteiger partial charge on any atom is 0.475 e. The van der Waals surface area contributed by atoms with Gasteiger partial charge in [0.25, 0.3) is 0 Å². The Hall–Kier alpha value is -2.18. The molecule has 0 aromatic heterocycles. The van der Waals surface area contributed by atoms with Gasteiger partial charge in [-0.1, -0.05) is 86.8 Å². The summed E-state index contributed by atoms with van der Waals surface area (Å²) in [6.07, 6.45) is 5.31. The number of ether oxygens (including phenoxy) is 1. The molecule has 8 heteroatoms. The van der Waals surface area contributed by atoms with Crippen LogP contribution in [0.3, 0.4) is 0 Å². The van der Waals surface area contributed by atoms with Crippen LogP contribution in [0.4, 0.5) is 4.79 Å². The number of nitrogens with one attached hydrogen (secondary N) is 1. The average Bonchev–Trinajstić information content (AvgIpc) is 2.85. The SMILES string of the molecule is CCCCCCC(C)OC(=O)NCCCOP(=O)(OCc1ccccc1)OCc1ccccc1. The Morgan fingerprint density at radius 1 is 0.853 bits per heavy atom. The molecule has 7 nitrogen and oxygen atoms in total. The first-order valence-electron chi connectivity index (χ1n) is 12.1. The molecule has 1 amide bonds. The number of amides is 1. The number of hydrogen-bond donors (Lipinski definition) is 1. The van der Waals surface area contributed by atoms with E-state index in [2.05, 4.69) is 12.2 Å².